The van der Waals surface area contributed by atoms with Crippen LogP contribution in [0.15, 0.2) is 179 Å². The lowest BCUT2D eigenvalue weighted by Gasteiger charge is -2.39. The number of morpholine rings is 2. The van der Waals surface area contributed by atoms with Gasteiger partial charge in [0.2, 0.25) is 0 Å². The van der Waals surface area contributed by atoms with Crippen LogP contribution < -0.4 is 33.1 Å². The third-order valence-corrected chi connectivity index (χ3v) is 26.6. The molecule has 0 bridgehead atoms. The number of benzene rings is 6. The molecule has 2 saturated carbocycles. The first-order valence-electron chi connectivity index (χ1n) is 42.5. The van der Waals surface area contributed by atoms with Crippen molar-refractivity contribution in [2.75, 3.05) is 57.4 Å². The molecule has 14 heterocycles. The summed E-state index contributed by atoms with van der Waals surface area (Å²) in [6.07, 6.45) is 12.4. The van der Waals surface area contributed by atoms with E-state index in [9.17, 15) is 28.4 Å². The van der Waals surface area contributed by atoms with Gasteiger partial charge in [0.25, 0.3) is 11.8 Å². The Bertz CT molecular complexity index is 7400. The summed E-state index contributed by atoms with van der Waals surface area (Å²) in [6.45, 7) is 25.2. The van der Waals surface area contributed by atoms with Gasteiger partial charge in [0, 0.05) is 145 Å². The highest BCUT2D eigenvalue weighted by molar-refractivity contribution is 9.10. The van der Waals surface area contributed by atoms with E-state index in [4.69, 9.17) is 28.7 Å². The molecule has 22 rings (SSSR count). The van der Waals surface area contributed by atoms with Crippen molar-refractivity contribution in [1.82, 2.24) is 102 Å². The number of halogens is 3. The number of ether oxygens (including phenoxy) is 2. The highest BCUT2D eigenvalue weighted by atomic mass is 79.9. The molecule has 10 aromatic heterocycles. The molecule has 2 amide bonds. The number of rotatable bonds is 13. The van der Waals surface area contributed by atoms with E-state index in [1.165, 1.54) is 4.57 Å². The summed E-state index contributed by atoms with van der Waals surface area (Å²) in [5.41, 5.74) is 10.0. The molecule has 4 fully saturated rings. The smallest absolute Gasteiger partial charge is 0.373 e. The fourth-order valence-corrected chi connectivity index (χ4v) is 19.8. The van der Waals surface area contributed by atoms with Crippen LogP contribution in [0.3, 0.4) is 0 Å². The largest absolute Gasteiger partial charge is 0.438 e. The Kier molecular flexibility index (Phi) is 19.7. The Labute approximate surface area is 732 Å². The summed E-state index contributed by atoms with van der Waals surface area (Å²) in [5, 5.41) is 33.8. The van der Waals surface area contributed by atoms with Gasteiger partial charge in [0.15, 0.2) is 11.6 Å². The number of aromatic amines is 2. The van der Waals surface area contributed by atoms with Crippen molar-refractivity contribution in [2.45, 2.75) is 130 Å². The molecule has 6 aliphatic rings. The van der Waals surface area contributed by atoms with E-state index in [1.807, 2.05) is 96.0 Å². The van der Waals surface area contributed by atoms with Gasteiger partial charge in [-0.1, -0.05) is 40.1 Å². The second kappa shape index (κ2) is 30.5. The summed E-state index contributed by atoms with van der Waals surface area (Å²) in [7, 11) is 3.73. The number of nitrogens with one attached hydrogen (secondary N) is 3. The molecule has 35 heteroatoms. The van der Waals surface area contributed by atoms with Crippen molar-refractivity contribution in [2.24, 2.45) is 25.9 Å². The number of anilines is 1. The first-order valence-corrected chi connectivity index (χ1v) is 43.3. The second-order valence-corrected chi connectivity index (χ2v) is 36.6. The summed E-state index contributed by atoms with van der Waals surface area (Å²) in [5.74, 6) is -0.660. The predicted molar refractivity (Wildman–Crippen MR) is 474 cm³/mol. The molecule has 652 valence electrons. The molecule has 2 aliphatic carbocycles. The van der Waals surface area contributed by atoms with Crippen molar-refractivity contribution >= 4 is 77.0 Å². The molecule has 16 aromatic rings. The molecule has 6 aromatic carbocycles. The van der Waals surface area contributed by atoms with E-state index in [0.717, 1.165) is 91.4 Å². The van der Waals surface area contributed by atoms with Gasteiger partial charge in [0.05, 0.1) is 95.1 Å². The monoisotopic (exact) mass is 1780 g/mol. The Hall–Kier alpha value is -13.4. The highest BCUT2D eigenvalue weighted by Crippen LogP contribution is 2.58. The number of aromatic nitrogens is 18. The van der Waals surface area contributed by atoms with Gasteiger partial charge in [-0.2, -0.15) is 20.4 Å². The molecule has 32 nitrogen and oxygen atoms in total. The third-order valence-electron chi connectivity index (χ3n) is 26.1. The molecule has 3 N–H and O–H groups in total. The van der Waals surface area contributed by atoms with Crippen molar-refractivity contribution < 1.29 is 36.9 Å². The van der Waals surface area contributed by atoms with Crippen molar-refractivity contribution in [3.05, 3.63) is 272 Å². The number of hydrogen-bond donors (Lipinski definition) is 3. The molecular weight excluding hydrogens is 1690 g/mol. The molecule has 4 atom stereocenters. The molecule has 2 saturated heterocycles. The van der Waals surface area contributed by atoms with Crippen LogP contribution in [-0.4, -0.2) is 172 Å². The van der Waals surface area contributed by atoms with Crippen LogP contribution in [0.25, 0.3) is 78.0 Å². The van der Waals surface area contributed by atoms with E-state index in [2.05, 4.69) is 110 Å². The Morgan fingerprint density at radius 2 is 0.929 bits per heavy atom. The van der Waals surface area contributed by atoms with E-state index >= 15 is 9.18 Å². The number of carbonyl (C=O) groups is 2. The number of H-pyrrole nitrogens is 2. The number of imidazole rings is 2. The minimum Gasteiger partial charge on any atom is -0.373 e. The highest BCUT2D eigenvalue weighted by Gasteiger charge is 2.61. The fourth-order valence-electron chi connectivity index (χ4n) is 19.4. The molecule has 0 spiro atoms. The third kappa shape index (κ3) is 13.9. The maximum Gasteiger partial charge on any atom is 0.438 e. The van der Waals surface area contributed by atoms with E-state index < -0.39 is 22.6 Å². The quantitative estimate of drug-likeness (QED) is 0.0965. The summed E-state index contributed by atoms with van der Waals surface area (Å²) in [4.78, 5) is 95.3. The van der Waals surface area contributed by atoms with Crippen LogP contribution in [0.2, 0.25) is 0 Å². The number of nitrogens with zero attached hydrogens (tertiary/aromatic N) is 19. The van der Waals surface area contributed by atoms with Crippen LogP contribution in [0.1, 0.15) is 132 Å². The Balaban J connectivity index is 0.000000148. The second-order valence-electron chi connectivity index (χ2n) is 35.7. The summed E-state index contributed by atoms with van der Waals surface area (Å²) >= 11 is 3.58. The Morgan fingerprint density at radius 1 is 0.504 bits per heavy atom. The molecule has 0 radical (unpaired) electrons. The normalized spacial score (nSPS) is 19.4. The molecular formula is C92H93BrF2N22O10. The van der Waals surface area contributed by atoms with E-state index in [0.29, 0.717) is 143 Å². The summed E-state index contributed by atoms with van der Waals surface area (Å²) < 4.78 is 69.4. The number of fused-ring (bicyclic) bond motifs is 6. The van der Waals surface area contributed by atoms with E-state index in [-0.39, 0.29) is 71.0 Å². The first-order chi connectivity index (χ1) is 60.8. The van der Waals surface area contributed by atoms with Crippen LogP contribution in [0.5, 0.6) is 0 Å². The van der Waals surface area contributed by atoms with Crippen LogP contribution in [0.4, 0.5) is 14.5 Å². The van der Waals surface area contributed by atoms with Crippen LogP contribution >= 0.6 is 15.9 Å². The van der Waals surface area contributed by atoms with Gasteiger partial charge in [-0.05, 0) is 212 Å². The number of hydrogen-bond acceptors (Lipinski definition) is 18. The lowest BCUT2D eigenvalue weighted by molar-refractivity contribution is -0.0384. The predicted octanol–water partition coefficient (Wildman–Crippen LogP) is 11.9. The van der Waals surface area contributed by atoms with E-state index in [1.54, 1.807) is 131 Å². The van der Waals surface area contributed by atoms with Crippen LogP contribution in [-0.2, 0) is 60.6 Å². The van der Waals surface area contributed by atoms with Crippen molar-refractivity contribution in [3.63, 3.8) is 0 Å². The van der Waals surface area contributed by atoms with Gasteiger partial charge in [-0.25, -0.2) is 37.3 Å². The fraction of sp³-hybridized carbons (Fsp3) is 0.348. The zero-order valence-corrected chi connectivity index (χ0v) is 73.7. The zero-order valence-electron chi connectivity index (χ0n) is 72.1. The maximum atomic E-state index is 15.3. The van der Waals surface area contributed by atoms with Gasteiger partial charge in [-0.3, -0.25) is 56.2 Å². The molecule has 0 unspecified atom stereocenters. The Morgan fingerprint density at radius 3 is 1.35 bits per heavy atom. The average molecular weight is 1780 g/mol. The number of aryl methyl sites for hydroxylation is 6. The summed E-state index contributed by atoms with van der Waals surface area (Å²) in [6, 6.07) is 34.2. The number of amides is 2. The topological polar surface area (TPSA) is 327 Å². The van der Waals surface area contributed by atoms with Gasteiger partial charge < -0.3 is 38.6 Å². The van der Waals surface area contributed by atoms with Crippen LogP contribution in [0, 0.1) is 51.2 Å². The maximum absolute atomic E-state index is 15.3. The number of carbonyl (C=O) groups excluding carboxylic acids is 2. The lowest BCUT2D eigenvalue weighted by atomic mass is 10.1. The molecule has 4 aliphatic heterocycles. The molecule has 127 heavy (non-hydrogen) atoms. The minimum atomic E-state index is -0.828. The minimum absolute atomic E-state index is 0.0234. The zero-order chi connectivity index (χ0) is 88.5. The van der Waals surface area contributed by atoms with Crippen molar-refractivity contribution in [3.8, 4) is 34.4 Å². The SMILES string of the molecule is CC1(C)CNCCO1.Cc1cc(-n2nc3c(c2-n2ccn(-c4ccc5c(cnn5C)c4)c2=O)CN(C(=O)c2cc4cc(Br)ccc4n2[C@@]2(c4noc(=O)[nH]4)C[C@@H]2C)CC3)cc(C)c1F.Cc1cc(-n2nc3c(c2-n2ccn(-c4ccc5c(cnn5C)c4)c2=O)CN(C(=O)c2cc4cc(N5CCOC(C)(C)C5)ccc4n2[C@@]2(c4noc(=O)[nH]4)C[C@@H]2C)CC3)cc(C)c1F. The average Bonchev–Trinajstić information content (AvgIpc) is 1.53. The standard InChI is InChI=1S/C46H46FN11O5.C40H34BrFN10O4.C6H13NO/c1-26-17-33(18-27(2)39(26)47)58-40(56-14-13-55(44(56)61)32-8-9-36-30(20-32)23-48-52(36)6)34-24-53(12-11-35(34)50-58)41(59)38-21-29-19-31(54-15-16-62-45(4,5)25-54)7-10-37(29)57(38)46(22-28(46)3)42-49-43(60)63-51-42;1-21-13-28(14-22(2)34(21)42)52-35(50-12-11-49(39(50)55)27-6-8-31-25(16-27)19-43-47(31)4)29-20-48(10-9-30(29)45-52)36(53)33-17-24-15-26(41)5-7-32(24)51(33)40(18-23(40)3)37-44-38(54)56-46-37;1-6(2)5-7-3-4-8-6/h7-10,13-14,17-21,23,28H,11-12,15-16,22,24-25H2,1-6H3,(H,49,51,60);5-8,11-17,19,23H,9-10,18,20H2,1-4H3,(H,44,46,54);7H,3-5H2,1-2H3/t28-,46-;23-,40-;/m00./s1. The van der Waals surface area contributed by atoms with Gasteiger partial charge in [0.1, 0.15) is 45.7 Å². The first kappa shape index (κ1) is 81.9. The van der Waals surface area contributed by atoms with Gasteiger partial charge in [-0.15, -0.1) is 0 Å². The lowest BCUT2D eigenvalue weighted by Crippen LogP contribution is -2.48. The van der Waals surface area contributed by atoms with Gasteiger partial charge >= 0.3 is 22.9 Å². The van der Waals surface area contributed by atoms with Crippen molar-refractivity contribution in [1.29, 1.82) is 0 Å².